The summed E-state index contributed by atoms with van der Waals surface area (Å²) in [6.07, 6.45) is 4.19. The second-order valence-electron chi connectivity index (χ2n) is 4.99. The van der Waals surface area contributed by atoms with Gasteiger partial charge in [-0.25, -0.2) is 14.3 Å². The van der Waals surface area contributed by atoms with E-state index in [0.29, 0.717) is 5.69 Å². The van der Waals surface area contributed by atoms with Gasteiger partial charge >= 0.3 is 11.9 Å². The molecule has 0 amide bonds. The summed E-state index contributed by atoms with van der Waals surface area (Å²) in [5.41, 5.74) is 0.731. The molecule has 0 unspecified atom stereocenters. The number of aromatic nitrogens is 2. The van der Waals surface area contributed by atoms with Crippen molar-refractivity contribution in [3.05, 3.63) is 66.0 Å². The first-order chi connectivity index (χ1) is 12.6. The molecule has 0 aliphatic heterocycles. The number of carbonyl (C=O) groups excluding carboxylic acids is 2. The lowest BCUT2D eigenvalue weighted by Gasteiger charge is -2.01. The summed E-state index contributed by atoms with van der Waals surface area (Å²) < 4.78 is 11.3. The molecule has 0 aliphatic carbocycles. The van der Waals surface area contributed by atoms with Crippen molar-refractivity contribution in [2.45, 2.75) is 6.92 Å². The maximum atomic E-state index is 12.2. The van der Waals surface area contributed by atoms with E-state index in [1.54, 1.807) is 31.3 Å². The van der Waals surface area contributed by atoms with Crippen LogP contribution in [0.2, 0.25) is 0 Å². The summed E-state index contributed by atoms with van der Waals surface area (Å²) in [4.78, 5) is 24.1. The van der Waals surface area contributed by atoms with Gasteiger partial charge in [-0.2, -0.15) is 10.4 Å². The smallest absolute Gasteiger partial charge is 0.359 e. The van der Waals surface area contributed by atoms with Gasteiger partial charge in [-0.15, -0.1) is 0 Å². The molecular formula is C19H17N3O4. The normalized spacial score (nSPS) is 10.7. The molecule has 0 atom stereocenters. The molecule has 0 saturated carbocycles. The molecule has 0 N–H and O–H groups in total. The molecule has 0 bridgehead atoms. The lowest BCUT2D eigenvalue weighted by molar-refractivity contribution is -0.137. The zero-order valence-electron chi connectivity index (χ0n) is 14.2. The van der Waals surface area contributed by atoms with Gasteiger partial charge in [0.15, 0.2) is 5.69 Å². The molecule has 132 valence electrons. The molecule has 7 heteroatoms. The van der Waals surface area contributed by atoms with Crippen LogP contribution in [0.3, 0.4) is 0 Å². The number of nitriles is 1. The molecule has 1 heterocycles. The van der Waals surface area contributed by atoms with Crippen molar-refractivity contribution in [1.82, 2.24) is 9.78 Å². The highest BCUT2D eigenvalue weighted by molar-refractivity contribution is 6.00. The summed E-state index contributed by atoms with van der Waals surface area (Å²) >= 11 is 0. The molecule has 0 radical (unpaired) electrons. The Bertz CT molecular complexity index is 876. The van der Waals surface area contributed by atoms with E-state index in [1.807, 2.05) is 18.2 Å². The zero-order chi connectivity index (χ0) is 18.9. The van der Waals surface area contributed by atoms with E-state index < -0.39 is 11.9 Å². The topological polar surface area (TPSA) is 94.2 Å². The lowest BCUT2D eigenvalue weighted by Crippen LogP contribution is -2.09. The Morgan fingerprint density at radius 1 is 1.31 bits per heavy atom. The maximum Gasteiger partial charge on any atom is 0.359 e. The summed E-state index contributed by atoms with van der Waals surface area (Å²) in [5.74, 6) is -1.46. The number of nitrogens with zero attached hydrogens (tertiary/aromatic N) is 3. The van der Waals surface area contributed by atoms with E-state index >= 15 is 0 Å². The van der Waals surface area contributed by atoms with Crippen molar-refractivity contribution < 1.29 is 19.1 Å². The highest BCUT2D eigenvalue weighted by atomic mass is 16.5. The van der Waals surface area contributed by atoms with Crippen molar-refractivity contribution >= 4 is 18.0 Å². The fraction of sp³-hybridized carbons (Fsp3) is 0.158. The highest BCUT2D eigenvalue weighted by Gasteiger charge is 2.20. The first kappa shape index (κ1) is 18.7. The van der Waals surface area contributed by atoms with Crippen molar-refractivity contribution in [3.8, 4) is 11.8 Å². The van der Waals surface area contributed by atoms with Crippen LogP contribution in [0, 0.1) is 11.3 Å². The van der Waals surface area contributed by atoms with Crippen LogP contribution in [-0.4, -0.2) is 34.9 Å². The van der Waals surface area contributed by atoms with Crippen molar-refractivity contribution in [2.75, 3.05) is 13.2 Å². The third kappa shape index (κ3) is 4.45. The number of hydrogen-bond acceptors (Lipinski definition) is 6. The van der Waals surface area contributed by atoms with Gasteiger partial charge in [0.1, 0.15) is 18.2 Å². The Morgan fingerprint density at radius 3 is 2.65 bits per heavy atom. The number of benzene rings is 1. The number of esters is 2. The van der Waals surface area contributed by atoms with Crippen LogP contribution in [0.4, 0.5) is 0 Å². The quantitative estimate of drug-likeness (QED) is 0.329. The summed E-state index contributed by atoms with van der Waals surface area (Å²) in [7, 11) is 0. The van der Waals surface area contributed by atoms with Crippen LogP contribution in [-0.2, 0) is 14.3 Å². The van der Waals surface area contributed by atoms with Crippen molar-refractivity contribution in [3.63, 3.8) is 0 Å². The molecule has 1 aromatic carbocycles. The number of carbonyl (C=O) groups is 2. The minimum Gasteiger partial charge on any atom is -0.461 e. The minimum atomic E-state index is -0.810. The second-order valence-corrected chi connectivity index (χ2v) is 4.99. The van der Waals surface area contributed by atoms with Gasteiger partial charge in [0.05, 0.1) is 12.3 Å². The Kier molecular flexibility index (Phi) is 6.46. The fourth-order valence-corrected chi connectivity index (χ4v) is 2.07. The van der Waals surface area contributed by atoms with Crippen LogP contribution in [0.15, 0.2) is 54.8 Å². The van der Waals surface area contributed by atoms with Crippen LogP contribution >= 0.6 is 0 Å². The molecule has 0 fully saturated rings. The largest absolute Gasteiger partial charge is 0.461 e. The molecule has 2 aromatic rings. The van der Waals surface area contributed by atoms with Gasteiger partial charge in [-0.3, -0.25) is 0 Å². The van der Waals surface area contributed by atoms with Crippen LogP contribution in [0.5, 0.6) is 0 Å². The van der Waals surface area contributed by atoms with Gasteiger partial charge in [0, 0.05) is 11.8 Å². The average molecular weight is 351 g/mol. The molecule has 2 rings (SSSR count). The number of hydrogen-bond donors (Lipinski definition) is 0. The van der Waals surface area contributed by atoms with Crippen molar-refractivity contribution in [1.29, 1.82) is 5.26 Å². The van der Waals surface area contributed by atoms with Crippen LogP contribution < -0.4 is 0 Å². The van der Waals surface area contributed by atoms with Gasteiger partial charge in [-0.05, 0) is 25.1 Å². The minimum absolute atomic E-state index is 0.0000243. The van der Waals surface area contributed by atoms with E-state index in [0.717, 1.165) is 0 Å². The third-order valence-electron chi connectivity index (χ3n) is 3.20. The first-order valence-electron chi connectivity index (χ1n) is 7.82. The molecule has 0 aliphatic rings. The molecule has 7 nitrogen and oxygen atoms in total. The number of ether oxygens (including phenoxy) is 2. The SMILES string of the molecule is C=CCOC(=O)/C(C#N)=C/c1cn(-c2ccccc2)nc1C(=O)OCC. The molecule has 26 heavy (non-hydrogen) atoms. The Balaban J connectivity index is 2.48. The van der Waals surface area contributed by atoms with Gasteiger partial charge in [-0.1, -0.05) is 30.9 Å². The number of rotatable bonds is 7. The summed E-state index contributed by atoms with van der Waals surface area (Å²) in [6, 6.07) is 10.9. The number of para-hydroxylation sites is 1. The average Bonchev–Trinajstić information content (AvgIpc) is 3.09. The van der Waals surface area contributed by atoms with E-state index in [-0.39, 0.29) is 30.0 Å². The van der Waals surface area contributed by atoms with Gasteiger partial charge < -0.3 is 9.47 Å². The summed E-state index contributed by atoms with van der Waals surface area (Å²) in [6.45, 7) is 5.27. The van der Waals surface area contributed by atoms with E-state index in [1.165, 1.54) is 16.8 Å². The van der Waals surface area contributed by atoms with Gasteiger partial charge in [0.2, 0.25) is 0 Å². The zero-order valence-corrected chi connectivity index (χ0v) is 14.2. The predicted molar refractivity (Wildman–Crippen MR) is 94.3 cm³/mol. The van der Waals surface area contributed by atoms with E-state index in [9.17, 15) is 14.9 Å². The first-order valence-corrected chi connectivity index (χ1v) is 7.82. The van der Waals surface area contributed by atoms with Crippen LogP contribution in [0.1, 0.15) is 23.0 Å². The second kappa shape index (κ2) is 8.99. The van der Waals surface area contributed by atoms with Gasteiger partial charge in [0.25, 0.3) is 0 Å². The molecule has 0 saturated heterocycles. The Labute approximate surface area is 150 Å². The summed E-state index contributed by atoms with van der Waals surface area (Å²) in [5, 5.41) is 13.5. The Hall–Kier alpha value is -3.66. The van der Waals surface area contributed by atoms with Crippen LogP contribution in [0.25, 0.3) is 11.8 Å². The predicted octanol–water partition coefficient (Wildman–Crippen LogP) is 2.69. The monoisotopic (exact) mass is 351 g/mol. The molecular weight excluding hydrogens is 334 g/mol. The standard InChI is InChI=1S/C19H17N3O4/c1-3-10-26-18(23)14(12-20)11-15-13-22(16-8-6-5-7-9-16)21-17(15)19(24)25-4-2/h3,5-9,11,13H,1,4,10H2,2H3/b14-11+. The Morgan fingerprint density at radius 2 is 2.04 bits per heavy atom. The highest BCUT2D eigenvalue weighted by Crippen LogP contribution is 2.17. The maximum absolute atomic E-state index is 12.2. The van der Waals surface area contributed by atoms with E-state index in [2.05, 4.69) is 11.7 Å². The molecule has 1 aromatic heterocycles. The van der Waals surface area contributed by atoms with Crippen molar-refractivity contribution in [2.24, 2.45) is 0 Å². The lowest BCUT2D eigenvalue weighted by atomic mass is 10.1. The fourth-order valence-electron chi connectivity index (χ4n) is 2.07. The third-order valence-corrected chi connectivity index (χ3v) is 3.20. The molecule has 0 spiro atoms. The van der Waals surface area contributed by atoms with E-state index in [4.69, 9.17) is 9.47 Å².